The van der Waals surface area contributed by atoms with Crippen LogP contribution in [0.15, 0.2) is 84.9 Å². The number of carbonyl (C=O) groups is 2. The Labute approximate surface area is 257 Å². The Bertz CT molecular complexity index is 1530. The van der Waals surface area contributed by atoms with Gasteiger partial charge in [-0.05, 0) is 90.7 Å². The number of amides is 3. The minimum atomic E-state index is -0.751. The average molecular weight is 662 g/mol. The molecule has 0 aromatic heterocycles. The molecule has 4 rings (SSSR count). The fourth-order valence-electron chi connectivity index (χ4n) is 4.81. The van der Waals surface area contributed by atoms with Crippen LogP contribution in [-0.4, -0.2) is 18.0 Å². The summed E-state index contributed by atoms with van der Waals surface area (Å²) in [5, 5.41) is 11.4. The van der Waals surface area contributed by atoms with Crippen LogP contribution in [0.2, 0.25) is 0 Å². The van der Waals surface area contributed by atoms with Gasteiger partial charge in [0, 0.05) is 22.2 Å². The number of halogens is 1. The van der Waals surface area contributed by atoms with Crippen molar-refractivity contribution < 1.29 is 9.59 Å². The summed E-state index contributed by atoms with van der Waals surface area (Å²) in [7, 11) is 0. The number of urea groups is 1. The third kappa shape index (κ3) is 8.32. The molecular formula is C35H40IN3O2. The summed E-state index contributed by atoms with van der Waals surface area (Å²) in [4.78, 5) is 26.9. The molecule has 0 heterocycles. The number of nitrogens with one attached hydrogen (secondary N) is 3. The molecule has 0 saturated carbocycles. The van der Waals surface area contributed by atoms with Crippen molar-refractivity contribution in [3.63, 3.8) is 0 Å². The molecule has 0 bridgehead atoms. The summed E-state index contributed by atoms with van der Waals surface area (Å²) >= 11 is 2.26. The van der Waals surface area contributed by atoms with Gasteiger partial charge in [0.05, 0.1) is 0 Å². The van der Waals surface area contributed by atoms with Crippen molar-refractivity contribution in [3.8, 4) is 0 Å². The molecule has 0 unspecified atom stereocenters. The fourth-order valence-corrected chi connectivity index (χ4v) is 5.17. The Morgan fingerprint density at radius 2 is 1.41 bits per heavy atom. The van der Waals surface area contributed by atoms with E-state index < -0.39 is 12.1 Å². The molecule has 6 heteroatoms. The maximum Gasteiger partial charge on any atom is 0.319 e. The number of hydrogen-bond acceptors (Lipinski definition) is 2. The van der Waals surface area contributed by atoms with Crippen molar-refractivity contribution in [2.24, 2.45) is 0 Å². The first kappa shape index (κ1) is 30.6. The first-order chi connectivity index (χ1) is 19.3. The number of fused-ring (bicyclic) bond motifs is 1. The first-order valence-corrected chi connectivity index (χ1v) is 15.1. The van der Waals surface area contributed by atoms with Gasteiger partial charge in [0.25, 0.3) is 0 Å². The first-order valence-electron chi connectivity index (χ1n) is 14.0. The highest BCUT2D eigenvalue weighted by Crippen LogP contribution is 2.34. The van der Waals surface area contributed by atoms with E-state index in [9.17, 15) is 9.59 Å². The van der Waals surface area contributed by atoms with Crippen LogP contribution in [0.4, 0.5) is 10.5 Å². The predicted molar refractivity (Wildman–Crippen MR) is 178 cm³/mol. The van der Waals surface area contributed by atoms with Crippen LogP contribution < -0.4 is 16.0 Å². The highest BCUT2D eigenvalue weighted by atomic mass is 127. The molecule has 0 aliphatic rings. The van der Waals surface area contributed by atoms with Gasteiger partial charge in [0.2, 0.25) is 5.91 Å². The van der Waals surface area contributed by atoms with E-state index >= 15 is 0 Å². The van der Waals surface area contributed by atoms with Crippen molar-refractivity contribution in [2.45, 2.75) is 71.4 Å². The molecule has 4 aromatic rings. The monoisotopic (exact) mass is 661 g/mol. The largest absolute Gasteiger partial charge is 0.350 e. The van der Waals surface area contributed by atoms with E-state index in [-0.39, 0.29) is 16.7 Å². The lowest BCUT2D eigenvalue weighted by Crippen LogP contribution is -2.49. The molecule has 214 valence electrons. The summed E-state index contributed by atoms with van der Waals surface area (Å²) in [6, 6.07) is 27.4. The Kier molecular flexibility index (Phi) is 9.42. The fraction of sp³-hybridized carbons (Fsp3) is 0.314. The predicted octanol–water partition coefficient (Wildman–Crippen LogP) is 8.09. The highest BCUT2D eigenvalue weighted by Gasteiger charge is 2.25. The maximum atomic E-state index is 13.5. The van der Waals surface area contributed by atoms with Crippen LogP contribution in [0.3, 0.4) is 0 Å². The van der Waals surface area contributed by atoms with Crippen LogP contribution in [-0.2, 0) is 28.6 Å². The molecule has 3 amide bonds. The third-order valence-electron chi connectivity index (χ3n) is 7.20. The van der Waals surface area contributed by atoms with E-state index in [0.29, 0.717) is 13.0 Å². The normalized spacial score (nSPS) is 12.6. The van der Waals surface area contributed by atoms with Gasteiger partial charge in [-0.1, -0.05) is 102 Å². The van der Waals surface area contributed by atoms with Crippen molar-refractivity contribution in [3.05, 3.63) is 111 Å². The molecular weight excluding hydrogens is 621 g/mol. The number of anilines is 1. The molecule has 0 fully saturated rings. The zero-order valence-electron chi connectivity index (χ0n) is 24.8. The van der Waals surface area contributed by atoms with Gasteiger partial charge >= 0.3 is 6.03 Å². The van der Waals surface area contributed by atoms with Gasteiger partial charge in [-0.2, -0.15) is 0 Å². The van der Waals surface area contributed by atoms with E-state index in [4.69, 9.17) is 0 Å². The lowest BCUT2D eigenvalue weighted by atomic mass is 9.81. The van der Waals surface area contributed by atoms with Gasteiger partial charge in [0.1, 0.15) is 6.04 Å². The van der Waals surface area contributed by atoms with Crippen LogP contribution in [0.5, 0.6) is 0 Å². The van der Waals surface area contributed by atoms with Gasteiger partial charge in [-0.15, -0.1) is 0 Å². The Hall–Kier alpha value is -3.39. The second kappa shape index (κ2) is 12.6. The van der Waals surface area contributed by atoms with Crippen LogP contribution in [0.25, 0.3) is 10.8 Å². The summed E-state index contributed by atoms with van der Waals surface area (Å²) in [6.07, 6.45) is 0.377. The Morgan fingerprint density at radius 3 is 2.07 bits per heavy atom. The summed E-state index contributed by atoms with van der Waals surface area (Å²) in [5.41, 5.74) is 4.66. The van der Waals surface area contributed by atoms with E-state index in [0.717, 1.165) is 42.3 Å². The summed E-state index contributed by atoms with van der Waals surface area (Å²) in [6.45, 7) is 13.2. The second-order valence-corrected chi connectivity index (χ2v) is 13.9. The maximum absolute atomic E-state index is 13.5. The summed E-state index contributed by atoms with van der Waals surface area (Å²) in [5.74, 6) is -0.230. The minimum Gasteiger partial charge on any atom is -0.350 e. The molecule has 0 aliphatic heterocycles. The molecule has 0 spiro atoms. The highest BCUT2D eigenvalue weighted by molar-refractivity contribution is 14.1. The van der Waals surface area contributed by atoms with Crippen molar-refractivity contribution >= 4 is 51.0 Å². The topological polar surface area (TPSA) is 70.2 Å². The van der Waals surface area contributed by atoms with Crippen LogP contribution in [0.1, 0.15) is 63.8 Å². The van der Waals surface area contributed by atoms with Crippen LogP contribution >= 0.6 is 22.6 Å². The zero-order chi connectivity index (χ0) is 29.8. The molecule has 0 radical (unpaired) electrons. The summed E-state index contributed by atoms with van der Waals surface area (Å²) < 4.78 is 1.11. The zero-order valence-corrected chi connectivity index (χ0v) is 26.9. The Morgan fingerprint density at radius 1 is 0.756 bits per heavy atom. The van der Waals surface area contributed by atoms with Crippen LogP contribution in [0, 0.1) is 3.57 Å². The molecule has 4 aromatic carbocycles. The van der Waals surface area contributed by atoms with Crippen molar-refractivity contribution in [1.82, 2.24) is 10.6 Å². The van der Waals surface area contributed by atoms with E-state index in [1.165, 1.54) is 0 Å². The van der Waals surface area contributed by atoms with E-state index in [2.05, 4.69) is 116 Å². The molecule has 1 atom stereocenters. The van der Waals surface area contributed by atoms with E-state index in [1.807, 2.05) is 48.5 Å². The van der Waals surface area contributed by atoms with Gasteiger partial charge < -0.3 is 16.0 Å². The van der Waals surface area contributed by atoms with Gasteiger partial charge in [-0.3, -0.25) is 4.79 Å². The lowest BCUT2D eigenvalue weighted by Gasteiger charge is -2.27. The van der Waals surface area contributed by atoms with Crippen molar-refractivity contribution in [1.29, 1.82) is 0 Å². The molecule has 3 N–H and O–H groups in total. The second-order valence-electron chi connectivity index (χ2n) is 12.6. The number of benzene rings is 4. The molecule has 41 heavy (non-hydrogen) atoms. The molecule has 0 aliphatic carbocycles. The minimum absolute atomic E-state index is 0.0701. The number of carbonyl (C=O) groups excluding carboxylic acids is 2. The van der Waals surface area contributed by atoms with Crippen molar-refractivity contribution in [2.75, 3.05) is 5.32 Å². The molecule has 0 saturated heterocycles. The number of rotatable bonds is 7. The Balaban J connectivity index is 1.54. The van der Waals surface area contributed by atoms with Gasteiger partial charge in [0.15, 0.2) is 0 Å². The quantitative estimate of drug-likeness (QED) is 0.175. The SMILES string of the molecule is CC(C)(C)c1ccc(C(C)(C)C)c(NC(=O)N[C@H](Cc2ccc(I)cc2)C(=O)NCc2ccc3ccccc3c2)c1. The smallest absolute Gasteiger partial charge is 0.319 e. The number of hydrogen-bond donors (Lipinski definition) is 3. The standard InChI is InChI=1S/C35H40IN3O2/c1-34(2,3)27-15-18-29(35(4,5)6)30(21-27)38-33(41)39-31(20-23-12-16-28(36)17-13-23)32(40)37-22-24-11-14-25-9-7-8-10-26(25)19-24/h7-19,21,31H,20,22H2,1-6H3,(H,37,40)(H2,38,39,41)/t31-/m1/s1. The molecule has 5 nitrogen and oxygen atoms in total. The lowest BCUT2D eigenvalue weighted by molar-refractivity contribution is -0.123. The van der Waals surface area contributed by atoms with E-state index in [1.54, 1.807) is 0 Å². The van der Waals surface area contributed by atoms with Gasteiger partial charge in [-0.25, -0.2) is 4.79 Å². The third-order valence-corrected chi connectivity index (χ3v) is 7.92. The average Bonchev–Trinajstić information content (AvgIpc) is 2.91.